The molecule has 0 fully saturated rings. The van der Waals surface area contributed by atoms with Crippen LogP contribution in [-0.2, 0) is 17.9 Å². The van der Waals surface area contributed by atoms with E-state index in [-0.39, 0.29) is 11.9 Å². The van der Waals surface area contributed by atoms with E-state index in [9.17, 15) is 4.79 Å². The standard InChI is InChI=1S/C17H21N5O/c1-13(2)15(9-22-12-18-11-19-22)20-17(23)10-21-8-7-14-5-3-4-6-16(14)21/h3-8,11-13,15H,9-10H2,1-2H3,(H,20,23). The normalized spacial score (nSPS) is 12.7. The zero-order valence-corrected chi connectivity index (χ0v) is 13.4. The number of benzene rings is 1. The summed E-state index contributed by atoms with van der Waals surface area (Å²) in [6.07, 6.45) is 5.12. The summed E-state index contributed by atoms with van der Waals surface area (Å²) >= 11 is 0. The summed E-state index contributed by atoms with van der Waals surface area (Å²) in [7, 11) is 0. The highest BCUT2D eigenvalue weighted by molar-refractivity contribution is 5.83. The molecule has 0 spiro atoms. The monoisotopic (exact) mass is 311 g/mol. The summed E-state index contributed by atoms with van der Waals surface area (Å²) in [5.41, 5.74) is 1.07. The van der Waals surface area contributed by atoms with E-state index in [0.717, 1.165) is 10.9 Å². The molecule has 3 rings (SSSR count). The van der Waals surface area contributed by atoms with Crippen molar-refractivity contribution in [2.24, 2.45) is 5.92 Å². The molecule has 0 bridgehead atoms. The zero-order valence-electron chi connectivity index (χ0n) is 13.4. The number of carbonyl (C=O) groups excluding carboxylic acids is 1. The van der Waals surface area contributed by atoms with E-state index in [0.29, 0.717) is 19.0 Å². The predicted molar refractivity (Wildman–Crippen MR) is 88.7 cm³/mol. The minimum absolute atomic E-state index is 0.00479. The number of rotatable bonds is 6. The van der Waals surface area contributed by atoms with Crippen LogP contribution in [-0.4, -0.2) is 31.3 Å². The Kier molecular flexibility index (Phi) is 4.41. The number of para-hydroxylation sites is 1. The van der Waals surface area contributed by atoms with E-state index in [2.05, 4.69) is 29.2 Å². The Bertz CT molecular complexity index is 775. The quantitative estimate of drug-likeness (QED) is 0.758. The van der Waals surface area contributed by atoms with Gasteiger partial charge < -0.3 is 9.88 Å². The summed E-state index contributed by atoms with van der Waals surface area (Å²) in [5, 5.41) is 8.36. The lowest BCUT2D eigenvalue weighted by atomic mass is 10.0. The highest BCUT2D eigenvalue weighted by Gasteiger charge is 2.17. The molecule has 0 radical (unpaired) electrons. The summed E-state index contributed by atoms with van der Waals surface area (Å²) in [5.74, 6) is 0.315. The second-order valence-electron chi connectivity index (χ2n) is 6.04. The van der Waals surface area contributed by atoms with Gasteiger partial charge in [-0.2, -0.15) is 5.10 Å². The van der Waals surface area contributed by atoms with Gasteiger partial charge in [0, 0.05) is 11.7 Å². The fourth-order valence-corrected chi connectivity index (χ4v) is 2.64. The van der Waals surface area contributed by atoms with Gasteiger partial charge >= 0.3 is 0 Å². The zero-order chi connectivity index (χ0) is 16.2. The number of nitrogens with zero attached hydrogens (tertiary/aromatic N) is 4. The number of hydrogen-bond acceptors (Lipinski definition) is 3. The first-order valence-electron chi connectivity index (χ1n) is 7.79. The molecule has 1 N–H and O–H groups in total. The molecule has 2 heterocycles. The predicted octanol–water partition coefficient (Wildman–Crippen LogP) is 2.07. The van der Waals surface area contributed by atoms with Crippen LogP contribution < -0.4 is 5.32 Å². The minimum atomic E-state index is 0.00479. The summed E-state index contributed by atoms with van der Waals surface area (Å²) in [4.78, 5) is 16.4. The number of hydrogen-bond donors (Lipinski definition) is 1. The molecule has 1 atom stereocenters. The van der Waals surface area contributed by atoms with Crippen molar-refractivity contribution in [3.8, 4) is 0 Å². The van der Waals surface area contributed by atoms with Crippen molar-refractivity contribution in [3.63, 3.8) is 0 Å². The molecule has 0 aliphatic carbocycles. The molecule has 6 nitrogen and oxygen atoms in total. The summed E-state index contributed by atoms with van der Waals surface area (Å²) in [6.45, 7) is 5.11. The molecule has 1 amide bonds. The van der Waals surface area contributed by atoms with Gasteiger partial charge in [0.15, 0.2) is 0 Å². The van der Waals surface area contributed by atoms with Gasteiger partial charge in [0.2, 0.25) is 5.91 Å². The van der Waals surface area contributed by atoms with E-state index in [1.54, 1.807) is 11.0 Å². The molecule has 23 heavy (non-hydrogen) atoms. The van der Waals surface area contributed by atoms with Gasteiger partial charge in [-0.15, -0.1) is 0 Å². The first-order valence-corrected chi connectivity index (χ1v) is 7.79. The minimum Gasteiger partial charge on any atom is -0.350 e. The third-order valence-electron chi connectivity index (χ3n) is 4.00. The Balaban J connectivity index is 1.67. The maximum absolute atomic E-state index is 12.4. The van der Waals surface area contributed by atoms with Crippen LogP contribution in [0.5, 0.6) is 0 Å². The number of carbonyl (C=O) groups is 1. The third kappa shape index (κ3) is 3.59. The second-order valence-corrected chi connectivity index (χ2v) is 6.04. The van der Waals surface area contributed by atoms with E-state index in [1.165, 1.54) is 6.33 Å². The molecule has 0 aliphatic rings. The van der Waals surface area contributed by atoms with E-state index >= 15 is 0 Å². The fraction of sp³-hybridized carbons (Fsp3) is 0.353. The average molecular weight is 311 g/mol. The number of aromatic nitrogens is 4. The van der Waals surface area contributed by atoms with Crippen LogP contribution in [0.25, 0.3) is 10.9 Å². The Hall–Kier alpha value is -2.63. The molecule has 0 saturated carbocycles. The maximum atomic E-state index is 12.4. The highest BCUT2D eigenvalue weighted by atomic mass is 16.2. The second kappa shape index (κ2) is 6.64. The number of nitrogens with one attached hydrogen (secondary N) is 1. The van der Waals surface area contributed by atoms with Gasteiger partial charge in [-0.3, -0.25) is 9.48 Å². The van der Waals surface area contributed by atoms with Gasteiger partial charge in [-0.25, -0.2) is 4.98 Å². The van der Waals surface area contributed by atoms with Gasteiger partial charge in [0.05, 0.1) is 12.6 Å². The Morgan fingerprint density at radius 3 is 2.83 bits per heavy atom. The largest absolute Gasteiger partial charge is 0.350 e. The van der Waals surface area contributed by atoms with E-state index in [1.807, 2.05) is 41.1 Å². The summed E-state index contributed by atoms with van der Waals surface area (Å²) < 4.78 is 3.72. The molecule has 120 valence electrons. The Labute approximate surface area is 135 Å². The summed E-state index contributed by atoms with van der Waals surface area (Å²) in [6, 6.07) is 10.1. The lowest BCUT2D eigenvalue weighted by Crippen LogP contribution is -2.43. The van der Waals surface area contributed by atoms with Crippen molar-refractivity contribution in [2.45, 2.75) is 33.0 Å². The molecule has 3 aromatic rings. The van der Waals surface area contributed by atoms with Crippen LogP contribution in [0.3, 0.4) is 0 Å². The molecular formula is C17H21N5O. The molecule has 1 unspecified atom stereocenters. The van der Waals surface area contributed by atoms with Gasteiger partial charge in [0.25, 0.3) is 0 Å². The molecule has 6 heteroatoms. The SMILES string of the molecule is CC(C)C(Cn1cncn1)NC(=O)Cn1ccc2ccccc21. The van der Waals surface area contributed by atoms with E-state index in [4.69, 9.17) is 0 Å². The van der Waals surface area contributed by atoms with Crippen molar-refractivity contribution in [1.82, 2.24) is 24.6 Å². The van der Waals surface area contributed by atoms with Crippen LogP contribution >= 0.6 is 0 Å². The van der Waals surface area contributed by atoms with Gasteiger partial charge in [-0.05, 0) is 23.4 Å². The molecule has 2 aromatic heterocycles. The Morgan fingerprint density at radius 1 is 1.26 bits per heavy atom. The van der Waals surface area contributed by atoms with Crippen molar-refractivity contribution in [2.75, 3.05) is 0 Å². The van der Waals surface area contributed by atoms with Crippen molar-refractivity contribution >= 4 is 16.8 Å². The van der Waals surface area contributed by atoms with Crippen LogP contribution in [0.1, 0.15) is 13.8 Å². The average Bonchev–Trinajstić information content (AvgIpc) is 3.17. The maximum Gasteiger partial charge on any atom is 0.240 e. The van der Waals surface area contributed by atoms with Crippen molar-refractivity contribution in [1.29, 1.82) is 0 Å². The third-order valence-corrected chi connectivity index (χ3v) is 4.00. The van der Waals surface area contributed by atoms with Gasteiger partial charge in [-0.1, -0.05) is 32.0 Å². The molecule has 1 aromatic carbocycles. The molecular weight excluding hydrogens is 290 g/mol. The highest BCUT2D eigenvalue weighted by Crippen LogP contribution is 2.15. The first kappa shape index (κ1) is 15.3. The van der Waals surface area contributed by atoms with Crippen LogP contribution in [0.15, 0.2) is 49.2 Å². The van der Waals surface area contributed by atoms with Crippen molar-refractivity contribution < 1.29 is 4.79 Å². The lowest BCUT2D eigenvalue weighted by Gasteiger charge is -2.22. The van der Waals surface area contributed by atoms with Gasteiger partial charge in [0.1, 0.15) is 19.2 Å². The van der Waals surface area contributed by atoms with Crippen LogP contribution in [0.4, 0.5) is 0 Å². The number of amides is 1. The van der Waals surface area contributed by atoms with Crippen LogP contribution in [0, 0.1) is 5.92 Å². The van der Waals surface area contributed by atoms with E-state index < -0.39 is 0 Å². The van der Waals surface area contributed by atoms with Crippen molar-refractivity contribution in [3.05, 3.63) is 49.2 Å². The molecule has 0 saturated heterocycles. The first-order chi connectivity index (χ1) is 11.1. The molecule has 0 aliphatic heterocycles. The smallest absolute Gasteiger partial charge is 0.240 e. The lowest BCUT2D eigenvalue weighted by molar-refractivity contribution is -0.122. The van der Waals surface area contributed by atoms with Crippen LogP contribution in [0.2, 0.25) is 0 Å². The fourth-order valence-electron chi connectivity index (χ4n) is 2.64. The Morgan fingerprint density at radius 2 is 2.09 bits per heavy atom. The topological polar surface area (TPSA) is 64.7 Å². The number of fused-ring (bicyclic) bond motifs is 1.